The van der Waals surface area contributed by atoms with Crippen LogP contribution in [0.5, 0.6) is 5.75 Å². The average Bonchev–Trinajstić information content (AvgIpc) is 3.31. The van der Waals surface area contributed by atoms with E-state index in [1.165, 1.54) is 4.88 Å². The number of amides is 1. The number of thiophene rings is 1. The predicted octanol–water partition coefficient (Wildman–Crippen LogP) is 3.85. The van der Waals surface area contributed by atoms with E-state index in [2.05, 4.69) is 16.0 Å². The molecule has 2 aromatic heterocycles. The smallest absolute Gasteiger partial charge is 0.222 e. The van der Waals surface area contributed by atoms with Crippen LogP contribution in [0, 0.1) is 0 Å². The van der Waals surface area contributed by atoms with Gasteiger partial charge in [-0.05, 0) is 41.3 Å². The van der Waals surface area contributed by atoms with Crippen molar-refractivity contribution in [2.75, 3.05) is 7.11 Å². The molecule has 3 rings (SSSR count). The number of hydrogen-bond donors (Lipinski definition) is 1. The van der Waals surface area contributed by atoms with Gasteiger partial charge in [-0.1, -0.05) is 18.2 Å². The molecule has 1 atom stereocenters. The molecule has 0 fully saturated rings. The Morgan fingerprint density at radius 1 is 1.21 bits per heavy atom. The van der Waals surface area contributed by atoms with Crippen LogP contribution in [-0.2, 0) is 11.3 Å². The number of carbonyl (C=O) groups excluding carboxylic acids is 1. The van der Waals surface area contributed by atoms with Crippen molar-refractivity contribution < 1.29 is 9.53 Å². The molecule has 0 aliphatic heterocycles. The van der Waals surface area contributed by atoms with Crippen LogP contribution in [0.4, 0.5) is 0 Å². The molecule has 1 N–H and O–H groups in total. The number of aromatic nitrogens is 1. The summed E-state index contributed by atoms with van der Waals surface area (Å²) in [6.45, 7) is 0.499. The minimum absolute atomic E-state index is 0.0323. The molecule has 2 heterocycles. The second-order valence-corrected chi connectivity index (χ2v) is 6.47. The van der Waals surface area contributed by atoms with Crippen molar-refractivity contribution in [2.45, 2.75) is 19.0 Å². The molecule has 0 saturated carbocycles. The molecule has 0 aliphatic carbocycles. The molecule has 4 nitrogen and oxygen atoms in total. The van der Waals surface area contributed by atoms with Crippen LogP contribution < -0.4 is 10.1 Å². The Morgan fingerprint density at radius 3 is 2.75 bits per heavy atom. The van der Waals surface area contributed by atoms with Crippen LogP contribution in [-0.4, -0.2) is 17.6 Å². The first kappa shape index (κ1) is 16.3. The molecule has 124 valence electrons. The van der Waals surface area contributed by atoms with E-state index >= 15 is 0 Å². The molecule has 1 amide bonds. The standard InChI is InChI=1S/C19H20N2O2S/c1-23-16-7-4-6-15(12-16)14-20-19(22)13-17(18-8-5-11-24-18)21-9-2-3-10-21/h2-12,17H,13-14H2,1H3,(H,20,22)/t17-/m0/s1. The van der Waals surface area contributed by atoms with Gasteiger partial charge in [-0.3, -0.25) is 4.79 Å². The lowest BCUT2D eigenvalue weighted by Crippen LogP contribution is -2.26. The van der Waals surface area contributed by atoms with Gasteiger partial charge in [0.15, 0.2) is 0 Å². The van der Waals surface area contributed by atoms with E-state index in [1.807, 2.05) is 60.2 Å². The zero-order chi connectivity index (χ0) is 16.8. The maximum absolute atomic E-state index is 12.4. The Hall–Kier alpha value is -2.53. The molecule has 24 heavy (non-hydrogen) atoms. The normalized spacial score (nSPS) is 11.9. The van der Waals surface area contributed by atoms with E-state index in [0.29, 0.717) is 13.0 Å². The number of nitrogens with zero attached hydrogens (tertiary/aromatic N) is 1. The lowest BCUT2D eigenvalue weighted by atomic mass is 10.1. The highest BCUT2D eigenvalue weighted by Crippen LogP contribution is 2.26. The largest absolute Gasteiger partial charge is 0.497 e. The number of ether oxygens (including phenoxy) is 1. The molecule has 0 unspecified atom stereocenters. The number of methoxy groups -OCH3 is 1. The van der Waals surface area contributed by atoms with Gasteiger partial charge in [0.05, 0.1) is 19.6 Å². The number of benzene rings is 1. The van der Waals surface area contributed by atoms with Gasteiger partial charge in [-0.25, -0.2) is 0 Å². The van der Waals surface area contributed by atoms with Gasteiger partial charge in [0.2, 0.25) is 5.91 Å². The van der Waals surface area contributed by atoms with E-state index in [1.54, 1.807) is 18.4 Å². The van der Waals surface area contributed by atoms with E-state index in [4.69, 9.17) is 4.74 Å². The van der Waals surface area contributed by atoms with Crippen molar-refractivity contribution >= 4 is 17.2 Å². The quantitative estimate of drug-likeness (QED) is 0.710. The van der Waals surface area contributed by atoms with Gasteiger partial charge in [0, 0.05) is 23.8 Å². The van der Waals surface area contributed by atoms with Gasteiger partial charge >= 0.3 is 0 Å². The SMILES string of the molecule is COc1cccc(CNC(=O)C[C@@H](c2cccs2)n2cccc2)c1. The first-order valence-corrected chi connectivity index (χ1v) is 8.69. The van der Waals surface area contributed by atoms with Gasteiger partial charge in [-0.15, -0.1) is 11.3 Å². The second-order valence-electron chi connectivity index (χ2n) is 5.49. The summed E-state index contributed by atoms with van der Waals surface area (Å²) >= 11 is 1.67. The van der Waals surface area contributed by atoms with Gasteiger partial charge < -0.3 is 14.6 Å². The van der Waals surface area contributed by atoms with Crippen molar-refractivity contribution in [1.29, 1.82) is 0 Å². The monoisotopic (exact) mass is 340 g/mol. The Morgan fingerprint density at radius 2 is 2.04 bits per heavy atom. The van der Waals surface area contributed by atoms with Crippen molar-refractivity contribution in [3.63, 3.8) is 0 Å². The third-order valence-corrected chi connectivity index (χ3v) is 4.84. The van der Waals surface area contributed by atoms with E-state index in [-0.39, 0.29) is 11.9 Å². The Labute approximate surface area is 145 Å². The van der Waals surface area contributed by atoms with Gasteiger partial charge in [0.1, 0.15) is 5.75 Å². The van der Waals surface area contributed by atoms with Crippen molar-refractivity contribution in [1.82, 2.24) is 9.88 Å². The summed E-state index contributed by atoms with van der Waals surface area (Å²) in [5.41, 5.74) is 1.02. The minimum Gasteiger partial charge on any atom is -0.497 e. The third-order valence-electron chi connectivity index (χ3n) is 3.86. The van der Waals surface area contributed by atoms with E-state index in [0.717, 1.165) is 11.3 Å². The van der Waals surface area contributed by atoms with E-state index < -0.39 is 0 Å². The second kappa shape index (κ2) is 7.84. The third kappa shape index (κ3) is 4.06. The highest BCUT2D eigenvalue weighted by molar-refractivity contribution is 7.10. The molecule has 0 aliphatic rings. The summed E-state index contributed by atoms with van der Waals surface area (Å²) in [5, 5.41) is 5.04. The molecular formula is C19H20N2O2S. The fourth-order valence-electron chi connectivity index (χ4n) is 2.62. The van der Waals surface area contributed by atoms with Gasteiger partial charge in [-0.2, -0.15) is 0 Å². The molecule has 0 bridgehead atoms. The summed E-state index contributed by atoms with van der Waals surface area (Å²) in [6.07, 6.45) is 4.42. The predicted molar refractivity (Wildman–Crippen MR) is 96.3 cm³/mol. The van der Waals surface area contributed by atoms with Crippen LogP contribution in [0.25, 0.3) is 0 Å². The maximum Gasteiger partial charge on any atom is 0.222 e. The fraction of sp³-hybridized carbons (Fsp3) is 0.211. The molecular weight excluding hydrogens is 320 g/mol. The summed E-state index contributed by atoms with van der Waals surface area (Å²) < 4.78 is 7.29. The van der Waals surface area contributed by atoms with Crippen LogP contribution in [0.3, 0.4) is 0 Å². The molecule has 5 heteroatoms. The van der Waals surface area contributed by atoms with Crippen LogP contribution in [0.15, 0.2) is 66.3 Å². The molecule has 0 spiro atoms. The lowest BCUT2D eigenvalue weighted by Gasteiger charge is -2.17. The van der Waals surface area contributed by atoms with Crippen LogP contribution in [0.2, 0.25) is 0 Å². The van der Waals surface area contributed by atoms with Crippen molar-refractivity contribution in [2.24, 2.45) is 0 Å². The maximum atomic E-state index is 12.4. The summed E-state index contributed by atoms with van der Waals surface area (Å²) in [4.78, 5) is 13.6. The Bertz CT molecular complexity index is 732. The van der Waals surface area contributed by atoms with Crippen molar-refractivity contribution in [3.05, 3.63) is 76.7 Å². The topological polar surface area (TPSA) is 43.3 Å². The molecule has 3 aromatic rings. The first-order chi connectivity index (χ1) is 11.8. The summed E-state index contributed by atoms with van der Waals surface area (Å²) in [5.74, 6) is 0.829. The Balaban J connectivity index is 1.63. The Kier molecular flexibility index (Phi) is 5.33. The average molecular weight is 340 g/mol. The van der Waals surface area contributed by atoms with Crippen LogP contribution in [0.1, 0.15) is 22.9 Å². The number of carbonyl (C=O) groups is 1. The van der Waals surface area contributed by atoms with E-state index in [9.17, 15) is 4.79 Å². The molecule has 0 saturated heterocycles. The minimum atomic E-state index is 0.0323. The molecule has 0 radical (unpaired) electrons. The molecule has 1 aromatic carbocycles. The number of hydrogen-bond acceptors (Lipinski definition) is 3. The zero-order valence-corrected chi connectivity index (χ0v) is 14.3. The van der Waals surface area contributed by atoms with Crippen molar-refractivity contribution in [3.8, 4) is 5.75 Å². The fourth-order valence-corrected chi connectivity index (χ4v) is 3.45. The first-order valence-electron chi connectivity index (χ1n) is 7.82. The summed E-state index contributed by atoms with van der Waals surface area (Å²) in [7, 11) is 1.64. The zero-order valence-electron chi connectivity index (χ0n) is 13.5. The lowest BCUT2D eigenvalue weighted by molar-refractivity contribution is -0.121. The van der Waals surface area contributed by atoms with Gasteiger partial charge in [0.25, 0.3) is 0 Å². The number of nitrogens with one attached hydrogen (secondary N) is 1. The van der Waals surface area contributed by atoms with Crippen LogP contribution >= 0.6 is 11.3 Å². The highest BCUT2D eigenvalue weighted by Gasteiger charge is 2.18. The summed E-state index contributed by atoms with van der Waals surface area (Å²) in [6, 6.07) is 15.8. The number of rotatable bonds is 7. The highest BCUT2D eigenvalue weighted by atomic mass is 32.1.